The van der Waals surface area contributed by atoms with Gasteiger partial charge >= 0.3 is 0 Å². The van der Waals surface area contributed by atoms with E-state index in [9.17, 15) is 0 Å². The maximum Gasteiger partial charge on any atom is 0.119 e. The predicted molar refractivity (Wildman–Crippen MR) is 48.9 cm³/mol. The van der Waals surface area contributed by atoms with Gasteiger partial charge in [0.15, 0.2) is 0 Å². The van der Waals surface area contributed by atoms with Crippen LogP contribution in [0.2, 0.25) is 0 Å². The zero-order valence-corrected chi connectivity index (χ0v) is 8.34. The van der Waals surface area contributed by atoms with Gasteiger partial charge < -0.3 is 4.74 Å². The SMILES string of the molecule is CC(C)C1COC2(C)CCCN12. The van der Waals surface area contributed by atoms with Crippen LogP contribution in [0.4, 0.5) is 0 Å². The Morgan fingerprint density at radius 3 is 2.92 bits per heavy atom. The van der Waals surface area contributed by atoms with Gasteiger partial charge in [0, 0.05) is 12.6 Å². The summed E-state index contributed by atoms with van der Waals surface area (Å²) in [7, 11) is 0. The first-order chi connectivity index (χ1) is 5.63. The molecule has 0 N–H and O–H groups in total. The minimum atomic E-state index is 0.0922. The van der Waals surface area contributed by atoms with Gasteiger partial charge in [0.05, 0.1) is 6.61 Å². The van der Waals surface area contributed by atoms with Gasteiger partial charge in [0.2, 0.25) is 0 Å². The van der Waals surface area contributed by atoms with Crippen molar-refractivity contribution in [1.29, 1.82) is 0 Å². The van der Waals surface area contributed by atoms with E-state index in [0.29, 0.717) is 6.04 Å². The van der Waals surface area contributed by atoms with Crippen molar-refractivity contribution in [1.82, 2.24) is 4.90 Å². The van der Waals surface area contributed by atoms with Crippen LogP contribution in [0.1, 0.15) is 33.6 Å². The number of nitrogens with zero attached hydrogens (tertiary/aromatic N) is 1. The minimum Gasteiger partial charge on any atom is -0.359 e. The number of hydrogen-bond acceptors (Lipinski definition) is 2. The molecule has 0 bridgehead atoms. The fourth-order valence-electron chi connectivity index (χ4n) is 2.54. The van der Waals surface area contributed by atoms with Crippen LogP contribution < -0.4 is 0 Å². The van der Waals surface area contributed by atoms with Crippen molar-refractivity contribution < 1.29 is 4.74 Å². The average molecular weight is 169 g/mol. The first kappa shape index (κ1) is 8.52. The summed E-state index contributed by atoms with van der Waals surface area (Å²) in [6.45, 7) is 8.99. The summed E-state index contributed by atoms with van der Waals surface area (Å²) in [6.07, 6.45) is 2.52. The third kappa shape index (κ3) is 1.09. The van der Waals surface area contributed by atoms with Gasteiger partial charge in [-0.3, -0.25) is 4.90 Å². The lowest BCUT2D eigenvalue weighted by Crippen LogP contribution is -2.42. The first-order valence-electron chi connectivity index (χ1n) is 5.04. The van der Waals surface area contributed by atoms with Gasteiger partial charge in [-0.15, -0.1) is 0 Å². The van der Waals surface area contributed by atoms with E-state index in [2.05, 4.69) is 25.7 Å². The number of rotatable bonds is 1. The van der Waals surface area contributed by atoms with Gasteiger partial charge in [0.1, 0.15) is 5.72 Å². The van der Waals surface area contributed by atoms with Gasteiger partial charge in [-0.1, -0.05) is 13.8 Å². The van der Waals surface area contributed by atoms with Crippen LogP contribution in [0.5, 0.6) is 0 Å². The fraction of sp³-hybridized carbons (Fsp3) is 1.00. The van der Waals surface area contributed by atoms with Crippen LogP contribution >= 0.6 is 0 Å². The molecule has 2 aliphatic heterocycles. The molecule has 0 radical (unpaired) electrons. The predicted octanol–water partition coefficient (Wildman–Crippen LogP) is 1.85. The van der Waals surface area contributed by atoms with Crippen molar-refractivity contribution in [2.75, 3.05) is 13.2 Å². The van der Waals surface area contributed by atoms with Gasteiger partial charge in [-0.2, -0.15) is 0 Å². The topological polar surface area (TPSA) is 12.5 Å². The first-order valence-corrected chi connectivity index (χ1v) is 5.04. The molecule has 2 nitrogen and oxygen atoms in total. The van der Waals surface area contributed by atoms with E-state index in [1.165, 1.54) is 19.4 Å². The summed E-state index contributed by atoms with van der Waals surface area (Å²) < 4.78 is 5.86. The van der Waals surface area contributed by atoms with Crippen LogP contribution in [0.15, 0.2) is 0 Å². The molecule has 2 heterocycles. The largest absolute Gasteiger partial charge is 0.359 e. The monoisotopic (exact) mass is 169 g/mol. The maximum atomic E-state index is 5.86. The van der Waals surface area contributed by atoms with E-state index in [1.807, 2.05) is 0 Å². The molecule has 0 amide bonds. The Bertz CT molecular complexity index is 181. The normalized spacial score (nSPS) is 42.5. The van der Waals surface area contributed by atoms with Crippen LogP contribution in [-0.2, 0) is 4.74 Å². The molecule has 2 saturated heterocycles. The highest BCUT2D eigenvalue weighted by molar-refractivity contribution is 4.95. The second-order valence-electron chi connectivity index (χ2n) is 4.59. The van der Waals surface area contributed by atoms with Crippen LogP contribution in [-0.4, -0.2) is 29.8 Å². The molecule has 2 fully saturated rings. The molecule has 0 spiro atoms. The van der Waals surface area contributed by atoms with E-state index < -0.39 is 0 Å². The Morgan fingerprint density at radius 1 is 1.50 bits per heavy atom. The highest BCUT2D eigenvalue weighted by Crippen LogP contribution is 2.39. The molecule has 2 aliphatic rings. The quantitative estimate of drug-likeness (QED) is 0.594. The summed E-state index contributed by atoms with van der Waals surface area (Å²) >= 11 is 0. The Balaban J connectivity index is 2.13. The van der Waals surface area contributed by atoms with E-state index in [0.717, 1.165) is 12.5 Å². The van der Waals surface area contributed by atoms with Crippen molar-refractivity contribution in [3.8, 4) is 0 Å². The molecule has 0 aromatic carbocycles. The second-order valence-corrected chi connectivity index (χ2v) is 4.59. The molecule has 2 atom stereocenters. The Kier molecular flexibility index (Phi) is 1.92. The highest BCUT2D eigenvalue weighted by atomic mass is 16.5. The van der Waals surface area contributed by atoms with Crippen LogP contribution in [0.25, 0.3) is 0 Å². The zero-order chi connectivity index (χ0) is 8.77. The Morgan fingerprint density at radius 2 is 2.25 bits per heavy atom. The van der Waals surface area contributed by atoms with E-state index in [1.54, 1.807) is 0 Å². The Hall–Kier alpha value is -0.0800. The van der Waals surface area contributed by atoms with E-state index >= 15 is 0 Å². The van der Waals surface area contributed by atoms with Crippen LogP contribution in [0, 0.1) is 5.92 Å². The van der Waals surface area contributed by atoms with Crippen molar-refractivity contribution in [3.05, 3.63) is 0 Å². The van der Waals surface area contributed by atoms with Crippen molar-refractivity contribution in [2.24, 2.45) is 5.92 Å². The molecule has 2 rings (SSSR count). The zero-order valence-electron chi connectivity index (χ0n) is 8.34. The lowest BCUT2D eigenvalue weighted by Gasteiger charge is -2.30. The average Bonchev–Trinajstić information content (AvgIpc) is 2.43. The summed E-state index contributed by atoms with van der Waals surface area (Å²) in [6, 6.07) is 0.664. The molecule has 12 heavy (non-hydrogen) atoms. The second kappa shape index (κ2) is 2.71. The molecular formula is C10H19NO. The molecule has 0 aliphatic carbocycles. The molecule has 2 unspecified atom stereocenters. The minimum absolute atomic E-state index is 0.0922. The van der Waals surface area contributed by atoms with Crippen molar-refractivity contribution >= 4 is 0 Å². The van der Waals surface area contributed by atoms with Gasteiger partial charge in [0.25, 0.3) is 0 Å². The van der Waals surface area contributed by atoms with Crippen molar-refractivity contribution in [3.63, 3.8) is 0 Å². The summed E-state index contributed by atoms with van der Waals surface area (Å²) in [5.74, 6) is 0.727. The molecule has 0 aromatic rings. The van der Waals surface area contributed by atoms with E-state index in [-0.39, 0.29) is 5.72 Å². The molecular weight excluding hydrogens is 150 g/mol. The standard InChI is InChI=1S/C10H19NO/c1-8(2)9-7-12-10(3)5-4-6-11(9)10/h8-9H,4-7H2,1-3H3. The van der Waals surface area contributed by atoms with Crippen molar-refractivity contribution in [2.45, 2.75) is 45.4 Å². The lowest BCUT2D eigenvalue weighted by molar-refractivity contribution is -0.0446. The van der Waals surface area contributed by atoms with Gasteiger partial charge in [-0.25, -0.2) is 0 Å². The smallest absolute Gasteiger partial charge is 0.119 e. The van der Waals surface area contributed by atoms with Crippen LogP contribution in [0.3, 0.4) is 0 Å². The summed E-state index contributed by atoms with van der Waals surface area (Å²) in [5, 5.41) is 0. The summed E-state index contributed by atoms with van der Waals surface area (Å²) in [5.41, 5.74) is 0.0922. The summed E-state index contributed by atoms with van der Waals surface area (Å²) in [4.78, 5) is 2.55. The third-order valence-electron chi connectivity index (χ3n) is 3.38. The Labute approximate surface area is 74.9 Å². The third-order valence-corrected chi connectivity index (χ3v) is 3.38. The van der Waals surface area contributed by atoms with E-state index in [4.69, 9.17) is 4.74 Å². The number of hydrogen-bond donors (Lipinski definition) is 0. The maximum absolute atomic E-state index is 5.86. The molecule has 0 aromatic heterocycles. The molecule has 70 valence electrons. The number of ether oxygens (including phenoxy) is 1. The fourth-order valence-corrected chi connectivity index (χ4v) is 2.54. The highest BCUT2D eigenvalue weighted by Gasteiger charge is 2.47. The lowest BCUT2D eigenvalue weighted by atomic mass is 10.0. The molecule has 0 saturated carbocycles. The number of fused-ring (bicyclic) bond motifs is 1. The van der Waals surface area contributed by atoms with Gasteiger partial charge in [-0.05, 0) is 25.7 Å². The molecule has 2 heteroatoms.